The Hall–Kier alpha value is -1.86. The summed E-state index contributed by atoms with van der Waals surface area (Å²) in [5.41, 5.74) is 0.688. The van der Waals surface area contributed by atoms with Gasteiger partial charge in [-0.25, -0.2) is 12.7 Å². The molecule has 0 bridgehead atoms. The SMILES string of the molecule is C=CCNC(=NC)NCc1ccccc1S(=O)(=O)N(C)C. The molecule has 0 aliphatic rings. The molecule has 0 amide bonds. The fourth-order valence-electron chi connectivity index (χ4n) is 1.67. The minimum Gasteiger partial charge on any atom is -0.353 e. The van der Waals surface area contributed by atoms with Crippen molar-refractivity contribution < 1.29 is 8.42 Å². The largest absolute Gasteiger partial charge is 0.353 e. The average Bonchev–Trinajstić information content (AvgIpc) is 2.47. The van der Waals surface area contributed by atoms with E-state index >= 15 is 0 Å². The molecule has 0 spiro atoms. The van der Waals surface area contributed by atoms with E-state index in [4.69, 9.17) is 0 Å². The van der Waals surface area contributed by atoms with Crippen LogP contribution in [-0.2, 0) is 16.6 Å². The van der Waals surface area contributed by atoms with Gasteiger partial charge in [-0.1, -0.05) is 24.3 Å². The third-order valence-corrected chi connectivity index (χ3v) is 4.73. The second-order valence-electron chi connectivity index (χ2n) is 4.49. The van der Waals surface area contributed by atoms with Gasteiger partial charge in [0.1, 0.15) is 0 Å². The molecule has 1 aromatic carbocycles. The summed E-state index contributed by atoms with van der Waals surface area (Å²) >= 11 is 0. The molecule has 116 valence electrons. The third kappa shape index (κ3) is 4.57. The summed E-state index contributed by atoms with van der Waals surface area (Å²) in [7, 11) is 1.23. The molecule has 7 heteroatoms. The Kier molecular flexibility index (Phi) is 6.39. The number of hydrogen-bond donors (Lipinski definition) is 2. The van der Waals surface area contributed by atoms with Crippen molar-refractivity contribution in [1.29, 1.82) is 0 Å². The fourth-order valence-corrected chi connectivity index (χ4v) is 2.78. The zero-order valence-corrected chi connectivity index (χ0v) is 13.4. The predicted molar refractivity (Wildman–Crippen MR) is 85.7 cm³/mol. The van der Waals surface area contributed by atoms with E-state index in [1.54, 1.807) is 31.3 Å². The standard InChI is InChI=1S/C14H22N4O2S/c1-5-10-16-14(15-2)17-11-12-8-6-7-9-13(12)21(19,20)18(3)4/h5-9H,1,10-11H2,2-4H3,(H2,15,16,17). The molecule has 0 fully saturated rings. The first-order valence-electron chi connectivity index (χ1n) is 6.49. The molecule has 0 atom stereocenters. The van der Waals surface area contributed by atoms with Gasteiger partial charge in [0, 0.05) is 34.2 Å². The average molecular weight is 310 g/mol. The molecule has 0 aliphatic carbocycles. The minimum absolute atomic E-state index is 0.293. The topological polar surface area (TPSA) is 73.8 Å². The molecule has 0 heterocycles. The van der Waals surface area contributed by atoms with Crippen LogP contribution in [0.3, 0.4) is 0 Å². The maximum Gasteiger partial charge on any atom is 0.242 e. The molecule has 1 aromatic rings. The molecular formula is C14H22N4O2S. The first-order chi connectivity index (χ1) is 9.93. The van der Waals surface area contributed by atoms with Gasteiger partial charge in [0.25, 0.3) is 0 Å². The van der Waals surface area contributed by atoms with Crippen LogP contribution in [0.15, 0.2) is 46.8 Å². The molecule has 0 saturated carbocycles. The van der Waals surface area contributed by atoms with Crippen molar-refractivity contribution in [3.05, 3.63) is 42.5 Å². The third-order valence-electron chi connectivity index (χ3n) is 2.81. The lowest BCUT2D eigenvalue weighted by atomic mass is 10.2. The van der Waals surface area contributed by atoms with Crippen molar-refractivity contribution in [3.8, 4) is 0 Å². The van der Waals surface area contributed by atoms with Gasteiger partial charge >= 0.3 is 0 Å². The smallest absolute Gasteiger partial charge is 0.242 e. The lowest BCUT2D eigenvalue weighted by molar-refractivity contribution is 0.519. The van der Waals surface area contributed by atoms with Crippen LogP contribution in [0.25, 0.3) is 0 Å². The van der Waals surface area contributed by atoms with Crippen LogP contribution < -0.4 is 10.6 Å². The zero-order chi connectivity index (χ0) is 15.9. The highest BCUT2D eigenvalue weighted by molar-refractivity contribution is 7.89. The van der Waals surface area contributed by atoms with E-state index < -0.39 is 10.0 Å². The number of rotatable bonds is 6. The summed E-state index contributed by atoms with van der Waals surface area (Å²) < 4.78 is 25.8. The van der Waals surface area contributed by atoms with Crippen molar-refractivity contribution >= 4 is 16.0 Å². The van der Waals surface area contributed by atoms with Crippen molar-refractivity contribution in [2.45, 2.75) is 11.4 Å². The lowest BCUT2D eigenvalue weighted by Crippen LogP contribution is -2.37. The van der Waals surface area contributed by atoms with E-state index in [9.17, 15) is 8.42 Å². The van der Waals surface area contributed by atoms with Gasteiger partial charge in [0.05, 0.1) is 4.90 Å². The van der Waals surface area contributed by atoms with Gasteiger partial charge in [0.15, 0.2) is 5.96 Å². The highest BCUT2D eigenvalue weighted by atomic mass is 32.2. The number of benzene rings is 1. The lowest BCUT2D eigenvalue weighted by Gasteiger charge is -2.16. The van der Waals surface area contributed by atoms with Crippen molar-refractivity contribution in [2.24, 2.45) is 4.99 Å². The Bertz CT molecular complexity index is 609. The van der Waals surface area contributed by atoms with Crippen molar-refractivity contribution in [2.75, 3.05) is 27.7 Å². The van der Waals surface area contributed by atoms with Crippen LogP contribution in [0.1, 0.15) is 5.56 Å². The Labute approximate surface area is 126 Å². The second kappa shape index (κ2) is 7.80. The molecule has 0 radical (unpaired) electrons. The number of nitrogens with zero attached hydrogens (tertiary/aromatic N) is 2. The molecule has 0 aromatic heterocycles. The number of guanidine groups is 1. The Morgan fingerprint density at radius 2 is 2.00 bits per heavy atom. The number of aliphatic imine (C=N–C) groups is 1. The summed E-state index contributed by atoms with van der Waals surface area (Å²) in [5.74, 6) is 0.590. The van der Waals surface area contributed by atoms with Crippen LogP contribution in [0.2, 0.25) is 0 Å². The number of hydrogen-bond acceptors (Lipinski definition) is 3. The molecule has 6 nitrogen and oxygen atoms in total. The monoisotopic (exact) mass is 310 g/mol. The van der Waals surface area contributed by atoms with Crippen molar-refractivity contribution in [3.63, 3.8) is 0 Å². The zero-order valence-electron chi connectivity index (χ0n) is 12.6. The Morgan fingerprint density at radius 3 is 2.57 bits per heavy atom. The van der Waals surface area contributed by atoms with E-state index in [0.29, 0.717) is 29.5 Å². The van der Waals surface area contributed by atoms with Gasteiger partial charge in [-0.05, 0) is 11.6 Å². The van der Waals surface area contributed by atoms with Gasteiger partial charge in [-0.15, -0.1) is 6.58 Å². The summed E-state index contributed by atoms with van der Waals surface area (Å²) in [6.07, 6.45) is 1.72. The van der Waals surface area contributed by atoms with E-state index in [-0.39, 0.29) is 0 Å². The summed E-state index contributed by atoms with van der Waals surface area (Å²) in [4.78, 5) is 4.35. The number of nitrogens with one attached hydrogen (secondary N) is 2. The summed E-state index contributed by atoms with van der Waals surface area (Å²) in [5, 5.41) is 6.11. The Morgan fingerprint density at radius 1 is 1.33 bits per heavy atom. The molecular weight excluding hydrogens is 288 g/mol. The normalized spacial score (nSPS) is 12.3. The van der Waals surface area contributed by atoms with Crippen LogP contribution in [0.5, 0.6) is 0 Å². The first kappa shape index (κ1) is 17.2. The highest BCUT2D eigenvalue weighted by Crippen LogP contribution is 2.18. The van der Waals surface area contributed by atoms with Crippen LogP contribution in [0, 0.1) is 0 Å². The first-order valence-corrected chi connectivity index (χ1v) is 7.93. The minimum atomic E-state index is -3.46. The highest BCUT2D eigenvalue weighted by Gasteiger charge is 2.20. The van der Waals surface area contributed by atoms with E-state index in [1.807, 2.05) is 6.07 Å². The van der Waals surface area contributed by atoms with E-state index in [0.717, 1.165) is 0 Å². The second-order valence-corrected chi connectivity index (χ2v) is 6.61. The summed E-state index contributed by atoms with van der Waals surface area (Å²) in [6, 6.07) is 6.91. The van der Waals surface area contributed by atoms with Gasteiger partial charge < -0.3 is 10.6 Å². The predicted octanol–water partition coefficient (Wildman–Crippen LogP) is 0.788. The maximum absolute atomic E-state index is 12.3. The molecule has 0 aliphatic heterocycles. The molecule has 21 heavy (non-hydrogen) atoms. The summed E-state index contributed by atoms with van der Waals surface area (Å²) in [6.45, 7) is 4.56. The molecule has 1 rings (SSSR count). The van der Waals surface area contributed by atoms with Crippen LogP contribution in [-0.4, -0.2) is 46.4 Å². The Balaban J connectivity index is 2.93. The van der Waals surface area contributed by atoms with Gasteiger partial charge in [0.2, 0.25) is 10.0 Å². The fraction of sp³-hybridized carbons (Fsp3) is 0.357. The maximum atomic E-state index is 12.3. The van der Waals surface area contributed by atoms with E-state index in [2.05, 4.69) is 22.2 Å². The van der Waals surface area contributed by atoms with Gasteiger partial charge in [-0.2, -0.15) is 0 Å². The molecule has 2 N–H and O–H groups in total. The van der Waals surface area contributed by atoms with Crippen molar-refractivity contribution in [1.82, 2.24) is 14.9 Å². The van der Waals surface area contributed by atoms with Gasteiger partial charge in [-0.3, -0.25) is 4.99 Å². The van der Waals surface area contributed by atoms with E-state index in [1.165, 1.54) is 18.4 Å². The number of sulfonamides is 1. The quantitative estimate of drug-likeness (QED) is 0.463. The van der Waals surface area contributed by atoms with Crippen LogP contribution >= 0.6 is 0 Å². The molecule has 0 saturated heterocycles. The van der Waals surface area contributed by atoms with Crippen LogP contribution in [0.4, 0.5) is 0 Å². The molecule has 0 unspecified atom stereocenters.